The zero-order valence-electron chi connectivity index (χ0n) is 7.01. The minimum atomic E-state index is -0.307. The molecule has 0 aliphatic heterocycles. The van der Waals surface area contributed by atoms with E-state index in [2.05, 4.69) is 0 Å². The molecule has 0 fully saturated rings. The summed E-state index contributed by atoms with van der Waals surface area (Å²) in [5, 5.41) is 0. The second-order valence-corrected chi connectivity index (χ2v) is 3.72. The number of nitrogens with two attached hydrogens (primary N) is 1. The van der Waals surface area contributed by atoms with Gasteiger partial charge in [0.25, 0.3) is 0 Å². The summed E-state index contributed by atoms with van der Waals surface area (Å²) in [6, 6.07) is 5.79. The number of nitrogen functional groups attached to an aromatic ring is 1. The average molecular weight is 185 g/mol. The summed E-state index contributed by atoms with van der Waals surface area (Å²) in [4.78, 5) is 0.979. The van der Waals surface area contributed by atoms with Crippen LogP contribution in [0.15, 0.2) is 23.1 Å². The summed E-state index contributed by atoms with van der Waals surface area (Å²) in [5.74, 6) is 0.480. The maximum absolute atomic E-state index is 11.8. The first-order chi connectivity index (χ1) is 5.74. The fourth-order valence-corrected chi connectivity index (χ4v) is 1.72. The van der Waals surface area contributed by atoms with E-state index in [1.54, 1.807) is 0 Å². The van der Waals surface area contributed by atoms with Crippen molar-refractivity contribution in [1.82, 2.24) is 0 Å². The number of rotatable bonds is 3. The molecular weight excluding hydrogens is 173 g/mol. The van der Waals surface area contributed by atoms with Gasteiger partial charge in [0.2, 0.25) is 0 Å². The molecule has 0 radical (unpaired) electrons. The smallest absolute Gasteiger partial charge is 0.0988 e. The SMILES string of the molecule is Cc1ccc(N)c(SCCF)c1. The second-order valence-electron chi connectivity index (χ2n) is 2.58. The molecule has 0 amide bonds. The molecule has 0 saturated heterocycles. The van der Waals surface area contributed by atoms with Gasteiger partial charge in [-0.1, -0.05) is 6.07 Å². The molecule has 12 heavy (non-hydrogen) atoms. The highest BCUT2D eigenvalue weighted by atomic mass is 32.2. The molecule has 0 spiro atoms. The number of alkyl halides is 1. The van der Waals surface area contributed by atoms with Gasteiger partial charge in [-0.2, -0.15) is 0 Å². The van der Waals surface area contributed by atoms with E-state index in [0.29, 0.717) is 5.75 Å². The van der Waals surface area contributed by atoms with E-state index in [0.717, 1.165) is 16.1 Å². The van der Waals surface area contributed by atoms with Crippen LogP contribution in [-0.4, -0.2) is 12.4 Å². The summed E-state index contributed by atoms with van der Waals surface area (Å²) >= 11 is 1.46. The van der Waals surface area contributed by atoms with Crippen molar-refractivity contribution in [3.8, 4) is 0 Å². The lowest BCUT2D eigenvalue weighted by atomic mass is 10.2. The molecule has 1 aromatic carbocycles. The third-order valence-electron chi connectivity index (χ3n) is 1.50. The van der Waals surface area contributed by atoms with Crippen LogP contribution in [0.1, 0.15) is 5.56 Å². The topological polar surface area (TPSA) is 26.0 Å². The van der Waals surface area contributed by atoms with Gasteiger partial charge in [-0.15, -0.1) is 11.8 Å². The van der Waals surface area contributed by atoms with Gasteiger partial charge in [-0.3, -0.25) is 4.39 Å². The van der Waals surface area contributed by atoms with Crippen molar-refractivity contribution in [3.05, 3.63) is 23.8 Å². The molecule has 0 aliphatic carbocycles. The molecule has 66 valence electrons. The minimum absolute atomic E-state index is 0.307. The lowest BCUT2D eigenvalue weighted by Crippen LogP contribution is -1.90. The molecule has 2 N–H and O–H groups in total. The Balaban J connectivity index is 2.75. The summed E-state index contributed by atoms with van der Waals surface area (Å²) in [6.45, 7) is 1.69. The largest absolute Gasteiger partial charge is 0.398 e. The van der Waals surface area contributed by atoms with E-state index in [9.17, 15) is 4.39 Å². The van der Waals surface area contributed by atoms with E-state index < -0.39 is 0 Å². The first-order valence-electron chi connectivity index (χ1n) is 3.79. The molecule has 3 heteroatoms. The summed E-state index contributed by atoms with van der Waals surface area (Å²) in [7, 11) is 0. The van der Waals surface area contributed by atoms with E-state index >= 15 is 0 Å². The van der Waals surface area contributed by atoms with Crippen molar-refractivity contribution in [3.63, 3.8) is 0 Å². The molecule has 0 aromatic heterocycles. The van der Waals surface area contributed by atoms with Crippen LogP contribution in [0.25, 0.3) is 0 Å². The molecule has 0 atom stereocenters. The van der Waals surface area contributed by atoms with Gasteiger partial charge >= 0.3 is 0 Å². The zero-order valence-corrected chi connectivity index (χ0v) is 7.83. The van der Waals surface area contributed by atoms with Crippen LogP contribution in [0.3, 0.4) is 0 Å². The van der Waals surface area contributed by atoms with E-state index in [-0.39, 0.29) is 6.67 Å². The fraction of sp³-hybridized carbons (Fsp3) is 0.333. The molecular formula is C9H12FNS. The highest BCUT2D eigenvalue weighted by Crippen LogP contribution is 2.25. The minimum Gasteiger partial charge on any atom is -0.398 e. The molecule has 0 saturated carbocycles. The van der Waals surface area contributed by atoms with Crippen LogP contribution >= 0.6 is 11.8 Å². The van der Waals surface area contributed by atoms with Crippen LogP contribution in [0.2, 0.25) is 0 Å². The summed E-state index contributed by atoms with van der Waals surface area (Å²) in [5.41, 5.74) is 7.58. The molecule has 0 aliphatic rings. The Morgan fingerprint density at radius 3 is 2.92 bits per heavy atom. The maximum Gasteiger partial charge on any atom is 0.0988 e. The molecule has 0 unspecified atom stereocenters. The van der Waals surface area contributed by atoms with Gasteiger partial charge in [-0.25, -0.2) is 0 Å². The zero-order chi connectivity index (χ0) is 8.97. The molecule has 0 bridgehead atoms. The van der Waals surface area contributed by atoms with Crippen LogP contribution in [-0.2, 0) is 0 Å². The Labute approximate surface area is 76.2 Å². The third-order valence-corrected chi connectivity index (χ3v) is 2.53. The number of hydrogen-bond donors (Lipinski definition) is 1. The van der Waals surface area contributed by atoms with Gasteiger partial charge in [0.05, 0.1) is 6.67 Å². The number of anilines is 1. The number of aryl methyl sites for hydroxylation is 1. The number of benzene rings is 1. The van der Waals surface area contributed by atoms with Crippen molar-refractivity contribution in [1.29, 1.82) is 0 Å². The lowest BCUT2D eigenvalue weighted by molar-refractivity contribution is 0.533. The number of hydrogen-bond acceptors (Lipinski definition) is 2. The Morgan fingerprint density at radius 1 is 1.50 bits per heavy atom. The van der Waals surface area contributed by atoms with Gasteiger partial charge in [0.15, 0.2) is 0 Å². The number of halogens is 1. The predicted molar refractivity (Wildman–Crippen MR) is 52.3 cm³/mol. The van der Waals surface area contributed by atoms with Crippen molar-refractivity contribution >= 4 is 17.4 Å². The van der Waals surface area contributed by atoms with Crippen LogP contribution < -0.4 is 5.73 Å². The Kier molecular flexibility index (Phi) is 3.41. The lowest BCUT2D eigenvalue weighted by Gasteiger charge is -2.04. The molecule has 1 aromatic rings. The molecule has 0 heterocycles. The van der Waals surface area contributed by atoms with Gasteiger partial charge in [0, 0.05) is 16.3 Å². The average Bonchev–Trinajstić information content (AvgIpc) is 2.07. The third kappa shape index (κ3) is 2.41. The Bertz CT molecular complexity index is 263. The Hall–Kier alpha value is -0.700. The first kappa shape index (κ1) is 9.39. The van der Waals surface area contributed by atoms with E-state index in [1.807, 2.05) is 25.1 Å². The fourth-order valence-electron chi connectivity index (χ4n) is 0.915. The quantitative estimate of drug-likeness (QED) is 0.578. The Morgan fingerprint density at radius 2 is 2.25 bits per heavy atom. The maximum atomic E-state index is 11.8. The van der Waals surface area contributed by atoms with Crippen molar-refractivity contribution < 1.29 is 4.39 Å². The molecule has 1 rings (SSSR count). The van der Waals surface area contributed by atoms with Crippen LogP contribution in [0.5, 0.6) is 0 Å². The van der Waals surface area contributed by atoms with Gasteiger partial charge in [-0.05, 0) is 24.6 Å². The van der Waals surface area contributed by atoms with Crippen LogP contribution in [0.4, 0.5) is 10.1 Å². The summed E-state index contributed by atoms with van der Waals surface area (Å²) in [6.07, 6.45) is 0. The van der Waals surface area contributed by atoms with Gasteiger partial charge < -0.3 is 5.73 Å². The van der Waals surface area contributed by atoms with E-state index in [4.69, 9.17) is 5.73 Å². The van der Waals surface area contributed by atoms with E-state index in [1.165, 1.54) is 11.8 Å². The van der Waals surface area contributed by atoms with Crippen molar-refractivity contribution in [2.24, 2.45) is 0 Å². The highest BCUT2D eigenvalue weighted by Gasteiger charge is 1.98. The predicted octanol–water partition coefficient (Wildman–Crippen LogP) is 2.64. The highest BCUT2D eigenvalue weighted by molar-refractivity contribution is 7.99. The normalized spacial score (nSPS) is 10.2. The van der Waals surface area contributed by atoms with Gasteiger partial charge in [0.1, 0.15) is 0 Å². The van der Waals surface area contributed by atoms with Crippen molar-refractivity contribution in [2.75, 3.05) is 18.2 Å². The standard InChI is InChI=1S/C9H12FNS/c1-7-2-3-8(11)9(6-7)12-5-4-10/h2-3,6H,4-5,11H2,1H3. The number of thioether (sulfide) groups is 1. The molecule has 1 nitrogen and oxygen atoms in total. The first-order valence-corrected chi connectivity index (χ1v) is 4.77. The monoisotopic (exact) mass is 185 g/mol. The van der Waals surface area contributed by atoms with Crippen LogP contribution in [0, 0.1) is 6.92 Å². The van der Waals surface area contributed by atoms with Crippen molar-refractivity contribution in [2.45, 2.75) is 11.8 Å². The second kappa shape index (κ2) is 4.36. The summed E-state index contributed by atoms with van der Waals surface area (Å²) < 4.78 is 11.8.